The minimum Gasteiger partial charge on any atom is -0.348 e. The Labute approximate surface area is 119 Å². The fraction of sp³-hybridized carbons (Fsp3) is 0.643. The van der Waals surface area contributed by atoms with Crippen molar-refractivity contribution in [2.75, 3.05) is 27.2 Å². The number of hydrogen-bond donors (Lipinski definition) is 0. The lowest BCUT2D eigenvalue weighted by atomic mass is 9.79. The molecule has 2 rings (SSSR count). The van der Waals surface area contributed by atoms with Crippen LogP contribution >= 0.6 is 0 Å². The molecular weight excluding hydrogens is 256 g/mol. The maximum Gasteiger partial charge on any atom is 0.272 e. The summed E-state index contributed by atoms with van der Waals surface area (Å²) in [5.41, 5.74) is 0.236. The minimum absolute atomic E-state index is 0.00986. The van der Waals surface area contributed by atoms with Crippen LogP contribution in [0.5, 0.6) is 0 Å². The highest BCUT2D eigenvalue weighted by Gasteiger charge is 2.39. The monoisotopic (exact) mass is 278 g/mol. The van der Waals surface area contributed by atoms with Crippen molar-refractivity contribution >= 4 is 11.8 Å². The Morgan fingerprint density at radius 3 is 2.35 bits per heavy atom. The zero-order valence-corrected chi connectivity index (χ0v) is 12.6. The summed E-state index contributed by atoms with van der Waals surface area (Å²) in [5.74, 6) is 0.134. The van der Waals surface area contributed by atoms with Crippen molar-refractivity contribution in [2.45, 2.75) is 19.8 Å². The van der Waals surface area contributed by atoms with Crippen molar-refractivity contribution in [3.05, 3.63) is 18.2 Å². The van der Waals surface area contributed by atoms with Crippen LogP contribution in [0.1, 0.15) is 30.3 Å². The van der Waals surface area contributed by atoms with E-state index in [4.69, 9.17) is 0 Å². The van der Waals surface area contributed by atoms with Gasteiger partial charge in [0, 0.05) is 39.6 Å². The minimum atomic E-state index is -0.354. The van der Waals surface area contributed by atoms with Crippen molar-refractivity contribution in [3.8, 4) is 0 Å². The van der Waals surface area contributed by atoms with Gasteiger partial charge < -0.3 is 14.4 Å². The average Bonchev–Trinajstić information content (AvgIpc) is 2.84. The summed E-state index contributed by atoms with van der Waals surface area (Å²) in [6.07, 6.45) is 4.61. The van der Waals surface area contributed by atoms with E-state index in [0.29, 0.717) is 31.6 Å². The van der Waals surface area contributed by atoms with Crippen molar-refractivity contribution in [3.63, 3.8) is 0 Å². The van der Waals surface area contributed by atoms with E-state index in [9.17, 15) is 9.59 Å². The Kier molecular flexibility index (Phi) is 3.83. The molecule has 110 valence electrons. The molecule has 0 spiro atoms. The van der Waals surface area contributed by atoms with Gasteiger partial charge in [-0.15, -0.1) is 0 Å². The number of imidazole rings is 1. The second kappa shape index (κ2) is 5.26. The second-order valence-corrected chi connectivity index (χ2v) is 5.94. The quantitative estimate of drug-likeness (QED) is 0.802. The molecule has 1 fully saturated rings. The SMILES string of the molecule is CN(C)C(=O)C1(C)CCN(C(=O)c2cncn2C)CC1. The number of hydrogen-bond acceptors (Lipinski definition) is 3. The molecule has 1 aliphatic rings. The van der Waals surface area contributed by atoms with Gasteiger partial charge >= 0.3 is 0 Å². The first-order valence-electron chi connectivity index (χ1n) is 6.82. The smallest absolute Gasteiger partial charge is 0.272 e. The third-order valence-corrected chi connectivity index (χ3v) is 4.11. The molecule has 0 unspecified atom stereocenters. The molecule has 0 aromatic carbocycles. The molecule has 0 bridgehead atoms. The number of piperidine rings is 1. The lowest BCUT2D eigenvalue weighted by molar-refractivity contribution is -0.140. The molecule has 6 heteroatoms. The van der Waals surface area contributed by atoms with Gasteiger partial charge in [0.1, 0.15) is 5.69 Å². The molecular formula is C14H22N4O2. The Hall–Kier alpha value is -1.85. The molecule has 20 heavy (non-hydrogen) atoms. The lowest BCUT2D eigenvalue weighted by Crippen LogP contribution is -2.48. The van der Waals surface area contributed by atoms with E-state index in [1.807, 2.05) is 18.9 Å². The molecule has 1 aromatic rings. The summed E-state index contributed by atoms with van der Waals surface area (Å²) in [5, 5.41) is 0. The number of carbonyl (C=O) groups excluding carboxylic acids is 2. The fourth-order valence-corrected chi connectivity index (χ4v) is 2.68. The number of aryl methyl sites for hydroxylation is 1. The van der Waals surface area contributed by atoms with Crippen LogP contribution in [-0.4, -0.2) is 58.4 Å². The number of aromatic nitrogens is 2. The predicted molar refractivity (Wildman–Crippen MR) is 75.1 cm³/mol. The number of amides is 2. The van der Waals surface area contributed by atoms with Crippen LogP contribution in [0.4, 0.5) is 0 Å². The van der Waals surface area contributed by atoms with E-state index in [1.165, 1.54) is 0 Å². The van der Waals surface area contributed by atoms with E-state index in [1.54, 1.807) is 36.1 Å². The third-order valence-electron chi connectivity index (χ3n) is 4.11. The molecule has 1 aliphatic heterocycles. The second-order valence-electron chi connectivity index (χ2n) is 5.94. The predicted octanol–water partition coefficient (Wildman–Crippen LogP) is 0.751. The average molecular weight is 278 g/mol. The van der Waals surface area contributed by atoms with E-state index < -0.39 is 0 Å². The summed E-state index contributed by atoms with van der Waals surface area (Å²) in [6.45, 7) is 3.21. The Morgan fingerprint density at radius 1 is 1.30 bits per heavy atom. The molecule has 0 atom stereocenters. The molecule has 6 nitrogen and oxygen atoms in total. The van der Waals surface area contributed by atoms with Gasteiger partial charge in [-0.1, -0.05) is 6.92 Å². The highest BCUT2D eigenvalue weighted by molar-refractivity contribution is 5.92. The summed E-state index contributed by atoms with van der Waals surface area (Å²) in [7, 11) is 5.37. The maximum atomic E-state index is 12.4. The third kappa shape index (κ3) is 2.55. The van der Waals surface area contributed by atoms with Gasteiger partial charge in [0.15, 0.2) is 0 Å². The summed E-state index contributed by atoms with van der Waals surface area (Å²) in [4.78, 5) is 32.0. The topological polar surface area (TPSA) is 58.4 Å². The highest BCUT2D eigenvalue weighted by atomic mass is 16.2. The Morgan fingerprint density at radius 2 is 1.90 bits per heavy atom. The molecule has 1 saturated heterocycles. The number of likely N-dealkylation sites (tertiary alicyclic amines) is 1. The molecule has 0 radical (unpaired) electrons. The first-order valence-corrected chi connectivity index (χ1v) is 6.82. The molecule has 2 amide bonds. The Balaban J connectivity index is 2.03. The van der Waals surface area contributed by atoms with Gasteiger partial charge in [-0.05, 0) is 12.8 Å². The number of carbonyl (C=O) groups is 2. The zero-order chi connectivity index (χ0) is 14.9. The van der Waals surface area contributed by atoms with Crippen molar-refractivity contribution in [2.24, 2.45) is 12.5 Å². The largest absolute Gasteiger partial charge is 0.348 e. The van der Waals surface area contributed by atoms with E-state index in [0.717, 1.165) is 0 Å². The van der Waals surface area contributed by atoms with Crippen LogP contribution in [-0.2, 0) is 11.8 Å². The fourth-order valence-electron chi connectivity index (χ4n) is 2.68. The van der Waals surface area contributed by atoms with Gasteiger partial charge in [-0.2, -0.15) is 0 Å². The van der Waals surface area contributed by atoms with Gasteiger partial charge in [0.2, 0.25) is 5.91 Å². The summed E-state index contributed by atoms with van der Waals surface area (Å²) in [6, 6.07) is 0. The number of nitrogens with zero attached hydrogens (tertiary/aromatic N) is 4. The first-order chi connectivity index (χ1) is 9.35. The van der Waals surface area contributed by atoms with E-state index >= 15 is 0 Å². The van der Waals surface area contributed by atoms with E-state index in [-0.39, 0.29) is 17.2 Å². The molecule has 1 aromatic heterocycles. The van der Waals surface area contributed by atoms with Crippen LogP contribution in [0.2, 0.25) is 0 Å². The normalized spacial score (nSPS) is 17.9. The molecule has 2 heterocycles. The maximum absolute atomic E-state index is 12.4. The standard InChI is InChI=1S/C14H22N4O2/c1-14(13(20)16(2)3)5-7-18(8-6-14)12(19)11-9-15-10-17(11)4/h9-10H,5-8H2,1-4H3. The number of rotatable bonds is 2. The molecule has 0 aliphatic carbocycles. The van der Waals surface area contributed by atoms with Crippen molar-refractivity contribution < 1.29 is 9.59 Å². The van der Waals surface area contributed by atoms with Crippen LogP contribution in [0.3, 0.4) is 0 Å². The highest BCUT2D eigenvalue weighted by Crippen LogP contribution is 2.32. The van der Waals surface area contributed by atoms with Crippen LogP contribution in [0.25, 0.3) is 0 Å². The molecule has 0 N–H and O–H groups in total. The van der Waals surface area contributed by atoms with Gasteiger partial charge in [0.25, 0.3) is 5.91 Å². The van der Waals surface area contributed by atoms with Crippen LogP contribution in [0.15, 0.2) is 12.5 Å². The van der Waals surface area contributed by atoms with Crippen molar-refractivity contribution in [1.29, 1.82) is 0 Å². The Bertz CT molecular complexity index is 513. The van der Waals surface area contributed by atoms with E-state index in [2.05, 4.69) is 4.98 Å². The first kappa shape index (κ1) is 14.6. The van der Waals surface area contributed by atoms with Gasteiger partial charge in [-0.3, -0.25) is 9.59 Å². The van der Waals surface area contributed by atoms with Crippen LogP contribution < -0.4 is 0 Å². The van der Waals surface area contributed by atoms with Gasteiger partial charge in [0.05, 0.1) is 12.5 Å². The van der Waals surface area contributed by atoms with Crippen LogP contribution in [0, 0.1) is 5.41 Å². The zero-order valence-electron chi connectivity index (χ0n) is 12.6. The van der Waals surface area contributed by atoms with Crippen molar-refractivity contribution in [1.82, 2.24) is 19.4 Å². The molecule has 0 saturated carbocycles. The summed E-state index contributed by atoms with van der Waals surface area (Å²) < 4.78 is 1.72. The summed E-state index contributed by atoms with van der Waals surface area (Å²) >= 11 is 0. The van der Waals surface area contributed by atoms with Gasteiger partial charge in [-0.25, -0.2) is 4.98 Å². The lowest BCUT2D eigenvalue weighted by Gasteiger charge is -2.39.